The van der Waals surface area contributed by atoms with Crippen LogP contribution >= 0.6 is 0 Å². The molecule has 0 spiro atoms. The van der Waals surface area contributed by atoms with Crippen molar-refractivity contribution in [3.8, 4) is 33.4 Å². The van der Waals surface area contributed by atoms with Crippen molar-refractivity contribution in [3.05, 3.63) is 157 Å². The molecule has 0 radical (unpaired) electrons. The van der Waals surface area contributed by atoms with E-state index < -0.39 is 0 Å². The lowest BCUT2D eigenvalue weighted by Gasteiger charge is -2.15. The second-order valence-electron chi connectivity index (χ2n) is 11.3. The minimum absolute atomic E-state index is 0.973. The number of hydrogen-bond donors (Lipinski definition) is 0. The van der Waals surface area contributed by atoms with Crippen LogP contribution in [0.15, 0.2) is 146 Å². The van der Waals surface area contributed by atoms with Crippen molar-refractivity contribution in [3.63, 3.8) is 0 Å². The van der Waals surface area contributed by atoms with Gasteiger partial charge in [0, 0.05) is 0 Å². The Morgan fingerprint density at radius 3 is 1.59 bits per heavy atom. The van der Waals surface area contributed by atoms with E-state index >= 15 is 0 Å². The zero-order valence-corrected chi connectivity index (χ0v) is 22.6. The first kappa shape index (κ1) is 22.6. The summed E-state index contributed by atoms with van der Waals surface area (Å²) < 4.78 is 0. The van der Waals surface area contributed by atoms with E-state index in [-0.39, 0.29) is 0 Å². The van der Waals surface area contributed by atoms with Crippen LogP contribution in [-0.2, 0) is 6.42 Å². The molecule has 0 atom stereocenters. The van der Waals surface area contributed by atoms with Gasteiger partial charge >= 0.3 is 0 Å². The topological polar surface area (TPSA) is 0 Å². The Morgan fingerprint density at radius 1 is 0.317 bits per heavy atom. The molecule has 9 rings (SSSR count). The fraction of sp³-hybridized carbons (Fsp3) is 0.0244. The summed E-state index contributed by atoms with van der Waals surface area (Å²) in [4.78, 5) is 0. The molecule has 0 aliphatic heterocycles. The number of hydrogen-bond acceptors (Lipinski definition) is 0. The summed E-state index contributed by atoms with van der Waals surface area (Å²) in [7, 11) is 0. The molecular formula is C41H26. The fourth-order valence-electron chi connectivity index (χ4n) is 7.03. The van der Waals surface area contributed by atoms with Crippen LogP contribution < -0.4 is 0 Å². The maximum absolute atomic E-state index is 2.43. The van der Waals surface area contributed by atoms with E-state index in [1.807, 2.05) is 0 Å². The molecule has 41 heavy (non-hydrogen) atoms. The van der Waals surface area contributed by atoms with Gasteiger partial charge < -0.3 is 0 Å². The van der Waals surface area contributed by atoms with Gasteiger partial charge in [-0.15, -0.1) is 0 Å². The number of benzene rings is 8. The minimum atomic E-state index is 0.973. The van der Waals surface area contributed by atoms with Crippen LogP contribution in [0.2, 0.25) is 0 Å². The molecule has 0 heterocycles. The second-order valence-corrected chi connectivity index (χ2v) is 11.3. The highest BCUT2D eigenvalue weighted by atomic mass is 14.3. The Morgan fingerprint density at radius 2 is 0.854 bits per heavy atom. The molecule has 0 unspecified atom stereocenters. The van der Waals surface area contributed by atoms with E-state index in [2.05, 4.69) is 146 Å². The Labute approximate surface area is 239 Å². The molecule has 8 aromatic rings. The van der Waals surface area contributed by atoms with Gasteiger partial charge in [0.2, 0.25) is 0 Å². The molecule has 0 aromatic heterocycles. The molecule has 0 amide bonds. The average Bonchev–Trinajstić information content (AvgIpc) is 3.42. The molecular weight excluding hydrogens is 492 g/mol. The van der Waals surface area contributed by atoms with Gasteiger partial charge in [-0.2, -0.15) is 0 Å². The van der Waals surface area contributed by atoms with Crippen molar-refractivity contribution >= 4 is 43.1 Å². The first-order chi connectivity index (χ1) is 20.3. The molecule has 1 aliphatic carbocycles. The van der Waals surface area contributed by atoms with Gasteiger partial charge in [-0.3, -0.25) is 0 Å². The summed E-state index contributed by atoms with van der Waals surface area (Å²) in [6, 6.07) is 54.1. The zero-order chi connectivity index (χ0) is 26.9. The van der Waals surface area contributed by atoms with Gasteiger partial charge in [-0.05, 0) is 118 Å². The molecule has 0 bridgehead atoms. The highest BCUT2D eigenvalue weighted by Crippen LogP contribution is 2.45. The van der Waals surface area contributed by atoms with Crippen molar-refractivity contribution in [2.24, 2.45) is 0 Å². The van der Waals surface area contributed by atoms with Crippen LogP contribution in [0.5, 0.6) is 0 Å². The van der Waals surface area contributed by atoms with Crippen LogP contribution in [0.3, 0.4) is 0 Å². The van der Waals surface area contributed by atoms with E-state index in [1.165, 1.54) is 87.6 Å². The van der Waals surface area contributed by atoms with Gasteiger partial charge in [-0.1, -0.05) is 121 Å². The van der Waals surface area contributed by atoms with E-state index in [0.717, 1.165) is 6.42 Å². The second kappa shape index (κ2) is 8.65. The first-order valence-electron chi connectivity index (χ1n) is 14.4. The summed E-state index contributed by atoms with van der Waals surface area (Å²) in [6.07, 6.45) is 0.973. The third-order valence-electron chi connectivity index (χ3n) is 9.06. The Kier molecular flexibility index (Phi) is 4.77. The maximum Gasteiger partial charge on any atom is -0.000728 e. The molecule has 0 saturated carbocycles. The van der Waals surface area contributed by atoms with Crippen molar-refractivity contribution in [2.75, 3.05) is 0 Å². The minimum Gasteiger partial charge on any atom is -0.0619 e. The normalized spacial score (nSPS) is 12.3. The summed E-state index contributed by atoms with van der Waals surface area (Å²) in [5.74, 6) is 0. The zero-order valence-electron chi connectivity index (χ0n) is 22.6. The van der Waals surface area contributed by atoms with E-state index in [4.69, 9.17) is 0 Å². The van der Waals surface area contributed by atoms with Gasteiger partial charge in [0.1, 0.15) is 0 Å². The molecule has 1 aliphatic rings. The van der Waals surface area contributed by atoms with Crippen molar-refractivity contribution in [2.45, 2.75) is 6.42 Å². The van der Waals surface area contributed by atoms with Gasteiger partial charge in [0.15, 0.2) is 0 Å². The predicted octanol–water partition coefficient (Wildman–Crippen LogP) is 11.2. The summed E-state index contributed by atoms with van der Waals surface area (Å²) >= 11 is 0. The third kappa shape index (κ3) is 3.47. The van der Waals surface area contributed by atoms with Crippen LogP contribution in [0.25, 0.3) is 76.5 Å². The molecule has 0 fully saturated rings. The van der Waals surface area contributed by atoms with E-state index in [0.29, 0.717) is 0 Å². The Bertz CT molecular complexity index is 2340. The number of rotatable bonds is 2. The van der Waals surface area contributed by atoms with Crippen LogP contribution in [0.4, 0.5) is 0 Å². The smallest absolute Gasteiger partial charge is 0.000728 e. The molecule has 0 N–H and O–H groups in total. The largest absolute Gasteiger partial charge is 0.0619 e. The quantitative estimate of drug-likeness (QED) is 0.200. The fourth-order valence-corrected chi connectivity index (χ4v) is 7.03. The molecule has 0 heteroatoms. The van der Waals surface area contributed by atoms with Crippen molar-refractivity contribution in [1.82, 2.24) is 0 Å². The summed E-state index contributed by atoms with van der Waals surface area (Å²) in [6.45, 7) is 0. The van der Waals surface area contributed by atoms with Crippen LogP contribution in [0, 0.1) is 0 Å². The lowest BCUT2D eigenvalue weighted by atomic mass is 9.89. The summed E-state index contributed by atoms with van der Waals surface area (Å²) in [5, 5.41) is 10.4. The van der Waals surface area contributed by atoms with Crippen LogP contribution in [0.1, 0.15) is 11.1 Å². The maximum atomic E-state index is 2.43. The van der Waals surface area contributed by atoms with Gasteiger partial charge in [-0.25, -0.2) is 0 Å². The molecule has 0 saturated heterocycles. The predicted molar refractivity (Wildman–Crippen MR) is 176 cm³/mol. The SMILES string of the molecule is c1ccc2c(c1)Cc1c(-c3ccc4c(ccc5ccccc54)c3)cc(-c3ccc4c(ccc5ccccc54)c3)cc1-2. The monoisotopic (exact) mass is 518 g/mol. The standard InChI is InChI=1S/C41H26/c1-4-10-34-26(7-1)13-15-30-21-28(17-19-37(30)34)33-24-39(41-23-29-9-3-6-12-36(29)40(41)25-33)32-18-20-38-31(22-32)16-14-27-8-2-5-11-35(27)38/h1-22,24-25H,23H2. The Balaban J connectivity index is 1.27. The van der Waals surface area contributed by atoms with Crippen LogP contribution in [-0.4, -0.2) is 0 Å². The lowest BCUT2D eigenvalue weighted by Crippen LogP contribution is -1.91. The molecule has 8 aromatic carbocycles. The van der Waals surface area contributed by atoms with Gasteiger partial charge in [0.25, 0.3) is 0 Å². The van der Waals surface area contributed by atoms with Gasteiger partial charge in [0.05, 0.1) is 0 Å². The number of fused-ring (bicyclic) bond motifs is 9. The Hall–Kier alpha value is -5.20. The van der Waals surface area contributed by atoms with E-state index in [1.54, 1.807) is 0 Å². The highest BCUT2D eigenvalue weighted by Gasteiger charge is 2.23. The van der Waals surface area contributed by atoms with Crippen molar-refractivity contribution in [1.29, 1.82) is 0 Å². The van der Waals surface area contributed by atoms with Crippen molar-refractivity contribution < 1.29 is 0 Å². The summed E-state index contributed by atoms with van der Waals surface area (Å²) in [5.41, 5.74) is 10.7. The van der Waals surface area contributed by atoms with E-state index in [9.17, 15) is 0 Å². The average molecular weight is 519 g/mol. The highest BCUT2D eigenvalue weighted by molar-refractivity contribution is 6.10. The molecule has 190 valence electrons. The molecule has 0 nitrogen and oxygen atoms in total. The third-order valence-corrected chi connectivity index (χ3v) is 9.06. The first-order valence-corrected chi connectivity index (χ1v) is 14.4. The lowest BCUT2D eigenvalue weighted by molar-refractivity contribution is 1.26.